The van der Waals surface area contributed by atoms with Gasteiger partial charge in [-0.1, -0.05) is 48.5 Å². The molecule has 1 aliphatic rings. The third-order valence-corrected chi connectivity index (χ3v) is 12.6. The fourth-order valence-corrected chi connectivity index (χ4v) is 9.61. The molecule has 6 nitrogen and oxygen atoms in total. The fourth-order valence-electron chi connectivity index (χ4n) is 8.46. The maximum absolute atomic E-state index is 7.24. The van der Waals surface area contributed by atoms with Crippen molar-refractivity contribution in [2.24, 2.45) is 0 Å². The lowest BCUT2D eigenvalue weighted by Gasteiger charge is -2.45. The van der Waals surface area contributed by atoms with Crippen LogP contribution in [0.5, 0.6) is 23.0 Å². The van der Waals surface area contributed by atoms with Gasteiger partial charge in [0.15, 0.2) is 5.79 Å². The Bertz CT molecular complexity index is 1610. The van der Waals surface area contributed by atoms with Crippen molar-refractivity contribution >= 4 is 18.5 Å². The van der Waals surface area contributed by atoms with E-state index in [2.05, 4.69) is 122 Å². The molecule has 0 bridgehead atoms. The van der Waals surface area contributed by atoms with E-state index < -0.39 is 28.3 Å². The quantitative estimate of drug-likeness (QED) is 0.152. The minimum atomic E-state index is -0.917. The number of benzene rings is 4. The van der Waals surface area contributed by atoms with E-state index in [0.717, 1.165) is 89.8 Å². The summed E-state index contributed by atoms with van der Waals surface area (Å²) in [5, 5.41) is -1.56. The summed E-state index contributed by atoms with van der Waals surface area (Å²) in [7, 11) is 13.4. The number of hydrogen-bond acceptors (Lipinski definition) is 6. The SMILES string of the molecule is COc1c(C)cc(C(P)(c2cc(C)c(OC)c(C)c2)C2OC(C)(C)OC2C(P)(c2cc(C)c(OC)c(C)c2)c2cc(C)c(OC)c(C)c2)cc1C. The molecule has 0 amide bonds. The van der Waals surface area contributed by atoms with Crippen molar-refractivity contribution < 1.29 is 28.4 Å². The Hall–Kier alpha value is -3.14. The summed E-state index contributed by atoms with van der Waals surface area (Å²) in [5.41, 5.74) is 12.7. The predicted molar refractivity (Wildman–Crippen MR) is 215 cm³/mol. The van der Waals surface area contributed by atoms with Crippen molar-refractivity contribution in [3.05, 3.63) is 115 Å². The Morgan fingerprint density at radius 2 is 0.608 bits per heavy atom. The van der Waals surface area contributed by atoms with E-state index in [1.807, 2.05) is 13.8 Å². The van der Waals surface area contributed by atoms with Gasteiger partial charge in [-0.05, 0) is 136 Å². The van der Waals surface area contributed by atoms with Crippen LogP contribution in [-0.4, -0.2) is 46.4 Å². The van der Waals surface area contributed by atoms with Gasteiger partial charge < -0.3 is 28.4 Å². The number of rotatable bonds is 10. The summed E-state index contributed by atoms with van der Waals surface area (Å²) < 4.78 is 37.9. The molecule has 4 aromatic carbocycles. The van der Waals surface area contributed by atoms with Gasteiger partial charge in [-0.2, -0.15) is 0 Å². The van der Waals surface area contributed by atoms with E-state index in [1.54, 1.807) is 28.4 Å². The molecule has 1 heterocycles. The first-order chi connectivity index (χ1) is 23.9. The van der Waals surface area contributed by atoms with Crippen LogP contribution in [0.3, 0.4) is 0 Å². The Morgan fingerprint density at radius 3 is 0.765 bits per heavy atom. The minimum Gasteiger partial charge on any atom is -0.496 e. The molecule has 4 unspecified atom stereocenters. The van der Waals surface area contributed by atoms with Crippen LogP contribution in [0, 0.1) is 55.4 Å². The summed E-state index contributed by atoms with van der Waals surface area (Å²) in [6.07, 6.45) is -1.00. The monoisotopic (exact) mass is 730 g/mol. The molecule has 0 spiro atoms. The summed E-state index contributed by atoms with van der Waals surface area (Å²) in [6.45, 7) is 20.8. The molecule has 1 fully saturated rings. The average molecular weight is 731 g/mol. The zero-order chi connectivity index (χ0) is 37.8. The summed E-state index contributed by atoms with van der Waals surface area (Å²) in [4.78, 5) is 0. The van der Waals surface area contributed by atoms with Crippen LogP contribution in [0.2, 0.25) is 0 Å². The van der Waals surface area contributed by atoms with E-state index in [1.165, 1.54) is 0 Å². The van der Waals surface area contributed by atoms with Gasteiger partial charge in [-0.15, -0.1) is 18.5 Å². The Labute approximate surface area is 310 Å². The van der Waals surface area contributed by atoms with Crippen molar-refractivity contribution in [3.8, 4) is 23.0 Å². The predicted octanol–water partition coefficient (Wildman–Crippen LogP) is 9.65. The first kappa shape index (κ1) is 39.1. The Morgan fingerprint density at radius 1 is 0.431 bits per heavy atom. The van der Waals surface area contributed by atoms with Gasteiger partial charge in [0.05, 0.1) is 38.8 Å². The minimum absolute atomic E-state index is 0.500. The molecule has 51 heavy (non-hydrogen) atoms. The second kappa shape index (κ2) is 14.4. The Kier molecular flexibility index (Phi) is 11.0. The molecule has 0 N–H and O–H groups in total. The van der Waals surface area contributed by atoms with Gasteiger partial charge in [0, 0.05) is 0 Å². The van der Waals surface area contributed by atoms with Gasteiger partial charge in [-0.3, -0.25) is 0 Å². The molecule has 8 heteroatoms. The van der Waals surface area contributed by atoms with E-state index in [9.17, 15) is 0 Å². The van der Waals surface area contributed by atoms with Crippen LogP contribution >= 0.6 is 18.5 Å². The molecule has 0 aromatic heterocycles. The lowest BCUT2D eigenvalue weighted by atomic mass is 9.74. The van der Waals surface area contributed by atoms with Crippen LogP contribution in [0.4, 0.5) is 0 Å². The number of methoxy groups -OCH3 is 4. The van der Waals surface area contributed by atoms with E-state index in [0.29, 0.717) is 0 Å². The molecule has 0 aliphatic carbocycles. The maximum Gasteiger partial charge on any atom is 0.163 e. The molecule has 1 saturated heterocycles. The van der Waals surface area contributed by atoms with Crippen LogP contribution in [0.25, 0.3) is 0 Å². The van der Waals surface area contributed by atoms with E-state index >= 15 is 0 Å². The van der Waals surface area contributed by atoms with Gasteiger partial charge in [0.1, 0.15) is 35.2 Å². The molecule has 1 aliphatic heterocycles. The highest BCUT2D eigenvalue weighted by molar-refractivity contribution is 7.19. The highest BCUT2D eigenvalue weighted by atomic mass is 31.0. The van der Waals surface area contributed by atoms with E-state index in [-0.39, 0.29) is 0 Å². The maximum atomic E-state index is 7.24. The largest absolute Gasteiger partial charge is 0.496 e. The third-order valence-electron chi connectivity index (χ3n) is 10.6. The van der Waals surface area contributed by atoms with Gasteiger partial charge in [-0.25, -0.2) is 0 Å². The van der Waals surface area contributed by atoms with Crippen LogP contribution in [0.15, 0.2) is 48.5 Å². The third kappa shape index (κ3) is 6.67. The normalized spacial score (nSPS) is 17.4. The van der Waals surface area contributed by atoms with Crippen LogP contribution in [0.1, 0.15) is 80.6 Å². The van der Waals surface area contributed by atoms with E-state index in [4.69, 9.17) is 28.4 Å². The zero-order valence-corrected chi connectivity index (χ0v) is 35.2. The van der Waals surface area contributed by atoms with Crippen molar-refractivity contribution in [1.29, 1.82) is 0 Å². The molecule has 274 valence electrons. The van der Waals surface area contributed by atoms with Crippen LogP contribution in [-0.2, 0) is 19.8 Å². The van der Waals surface area contributed by atoms with Crippen molar-refractivity contribution in [2.45, 2.75) is 97.5 Å². The van der Waals surface area contributed by atoms with Gasteiger partial charge in [0.2, 0.25) is 0 Å². The van der Waals surface area contributed by atoms with Crippen LogP contribution < -0.4 is 18.9 Å². The average Bonchev–Trinajstić information content (AvgIpc) is 3.39. The molecule has 5 rings (SSSR count). The summed E-state index contributed by atoms with van der Waals surface area (Å²) >= 11 is 0. The Balaban J connectivity index is 1.91. The topological polar surface area (TPSA) is 55.4 Å². The van der Waals surface area contributed by atoms with Gasteiger partial charge >= 0.3 is 0 Å². The molecule has 4 aromatic rings. The smallest absolute Gasteiger partial charge is 0.163 e. The highest BCUT2D eigenvalue weighted by Crippen LogP contribution is 2.58. The second-order valence-electron chi connectivity index (χ2n) is 14.8. The zero-order valence-electron chi connectivity index (χ0n) is 32.9. The molecule has 0 radical (unpaired) electrons. The number of hydrogen-bond donors (Lipinski definition) is 0. The second-order valence-corrected chi connectivity index (χ2v) is 16.6. The first-order valence-electron chi connectivity index (χ1n) is 17.4. The summed E-state index contributed by atoms with van der Waals surface area (Å²) in [5.74, 6) is 2.59. The lowest BCUT2D eigenvalue weighted by Crippen LogP contribution is -2.50. The lowest BCUT2D eigenvalue weighted by molar-refractivity contribution is -0.150. The standard InChI is InChI=1S/C43H56O6P2/c1-23-15-31(16-24(2)35(23)44-11)42(50,32-17-25(3)36(45-12)26(4)18-32)39-40(49-41(9,10)48-39)43(51,33-19-27(5)37(46-13)28(6)20-33)34-21-29(7)38(47-14)30(8)22-34/h15-22,39-40H,50-51H2,1-14H3. The molecular weight excluding hydrogens is 674 g/mol. The highest BCUT2D eigenvalue weighted by Gasteiger charge is 2.59. The van der Waals surface area contributed by atoms with Crippen molar-refractivity contribution in [3.63, 3.8) is 0 Å². The van der Waals surface area contributed by atoms with Crippen molar-refractivity contribution in [2.75, 3.05) is 28.4 Å². The summed E-state index contributed by atoms with van der Waals surface area (Å²) in [6, 6.07) is 17.8. The number of aryl methyl sites for hydroxylation is 8. The molecular formula is C43H56O6P2. The fraction of sp³-hybridized carbons (Fsp3) is 0.442. The first-order valence-corrected chi connectivity index (χ1v) is 18.6. The molecule has 4 atom stereocenters. The number of ether oxygens (including phenoxy) is 6. The van der Waals surface area contributed by atoms with Crippen molar-refractivity contribution in [1.82, 2.24) is 0 Å². The van der Waals surface area contributed by atoms with Gasteiger partial charge in [0.25, 0.3) is 0 Å². The molecule has 0 saturated carbocycles.